The van der Waals surface area contributed by atoms with Crippen LogP contribution in [0.15, 0.2) is 24.3 Å². The smallest absolute Gasteiger partial charge is 0.334 e. The van der Waals surface area contributed by atoms with Crippen molar-refractivity contribution in [2.45, 2.75) is 50.7 Å². The van der Waals surface area contributed by atoms with Crippen LogP contribution >= 0.6 is 0 Å². The van der Waals surface area contributed by atoms with Crippen LogP contribution in [0, 0.1) is 0 Å². The Labute approximate surface area is 147 Å². The van der Waals surface area contributed by atoms with Crippen LogP contribution in [0.25, 0.3) is 0 Å². The number of morpholine rings is 1. The van der Waals surface area contributed by atoms with E-state index < -0.39 is 12.1 Å². The number of carbonyl (C=O) groups is 2. The molecule has 0 radical (unpaired) electrons. The molecule has 0 aromatic heterocycles. The first-order valence-electron chi connectivity index (χ1n) is 8.99. The van der Waals surface area contributed by atoms with Gasteiger partial charge in [0.15, 0.2) is 6.10 Å². The number of amides is 1. The van der Waals surface area contributed by atoms with E-state index in [-0.39, 0.29) is 19.1 Å². The Balaban J connectivity index is 1.50. The first-order chi connectivity index (χ1) is 12.1. The van der Waals surface area contributed by atoms with Crippen molar-refractivity contribution in [1.82, 2.24) is 4.90 Å². The minimum Gasteiger partial charge on any atom is -0.490 e. The lowest BCUT2D eigenvalue weighted by Gasteiger charge is -2.31. The summed E-state index contributed by atoms with van der Waals surface area (Å²) >= 11 is 0. The molecule has 1 saturated carbocycles. The van der Waals surface area contributed by atoms with Crippen LogP contribution in [0.2, 0.25) is 0 Å². The Morgan fingerprint density at radius 3 is 2.84 bits per heavy atom. The molecule has 1 N–H and O–H groups in total. The van der Waals surface area contributed by atoms with E-state index in [1.807, 2.05) is 24.3 Å². The average Bonchev–Trinajstić information content (AvgIpc) is 3.13. The summed E-state index contributed by atoms with van der Waals surface area (Å²) in [7, 11) is 0. The molecule has 6 nitrogen and oxygen atoms in total. The van der Waals surface area contributed by atoms with Crippen molar-refractivity contribution >= 4 is 11.9 Å². The first kappa shape index (κ1) is 17.7. The van der Waals surface area contributed by atoms with E-state index in [1.54, 1.807) is 4.90 Å². The van der Waals surface area contributed by atoms with Crippen LogP contribution in [0.1, 0.15) is 37.7 Å². The molecule has 1 aromatic carbocycles. The summed E-state index contributed by atoms with van der Waals surface area (Å²) in [5.74, 6) is -0.180. The normalized spacial score (nSPS) is 21.3. The number of hydrogen-bond acceptors (Lipinski definition) is 4. The maximum atomic E-state index is 12.3. The van der Waals surface area contributed by atoms with Crippen molar-refractivity contribution in [3.8, 4) is 5.75 Å². The number of carboxylic acids is 1. The second-order valence-electron chi connectivity index (χ2n) is 6.71. The highest BCUT2D eigenvalue weighted by molar-refractivity contribution is 5.78. The van der Waals surface area contributed by atoms with Crippen LogP contribution < -0.4 is 4.74 Å². The molecule has 136 valence electrons. The van der Waals surface area contributed by atoms with Gasteiger partial charge in [0, 0.05) is 13.0 Å². The van der Waals surface area contributed by atoms with Gasteiger partial charge in [-0.3, -0.25) is 4.79 Å². The summed E-state index contributed by atoms with van der Waals surface area (Å²) in [5, 5.41) is 9.02. The SMILES string of the molecule is O=C(O)[C@@H]1CN(C(=O)CCc2cccc(OC3CCCC3)c2)CCO1. The predicted octanol–water partition coefficient (Wildman–Crippen LogP) is 2.25. The molecular weight excluding hydrogens is 322 g/mol. The van der Waals surface area contributed by atoms with Crippen molar-refractivity contribution in [2.24, 2.45) is 0 Å². The van der Waals surface area contributed by atoms with Crippen LogP contribution in [0.4, 0.5) is 0 Å². The zero-order chi connectivity index (χ0) is 17.6. The lowest BCUT2D eigenvalue weighted by Crippen LogP contribution is -2.48. The fourth-order valence-electron chi connectivity index (χ4n) is 3.41. The van der Waals surface area contributed by atoms with Crippen LogP contribution in [-0.4, -0.2) is 53.8 Å². The molecule has 25 heavy (non-hydrogen) atoms. The molecule has 1 heterocycles. The van der Waals surface area contributed by atoms with E-state index in [2.05, 4.69) is 0 Å². The highest BCUT2D eigenvalue weighted by atomic mass is 16.5. The van der Waals surface area contributed by atoms with E-state index in [4.69, 9.17) is 14.6 Å². The summed E-state index contributed by atoms with van der Waals surface area (Å²) < 4.78 is 11.2. The number of ether oxygens (including phenoxy) is 2. The number of carbonyl (C=O) groups excluding carboxylic acids is 1. The van der Waals surface area contributed by atoms with Gasteiger partial charge in [0.25, 0.3) is 0 Å². The number of hydrogen-bond donors (Lipinski definition) is 1. The Morgan fingerprint density at radius 1 is 1.28 bits per heavy atom. The number of nitrogens with zero attached hydrogens (tertiary/aromatic N) is 1. The number of benzene rings is 1. The maximum Gasteiger partial charge on any atom is 0.334 e. The van der Waals surface area contributed by atoms with Crippen molar-refractivity contribution in [2.75, 3.05) is 19.7 Å². The van der Waals surface area contributed by atoms with Gasteiger partial charge in [0.1, 0.15) is 5.75 Å². The largest absolute Gasteiger partial charge is 0.490 e. The molecule has 1 aliphatic heterocycles. The summed E-state index contributed by atoms with van der Waals surface area (Å²) in [5.41, 5.74) is 1.06. The predicted molar refractivity (Wildman–Crippen MR) is 91.6 cm³/mol. The summed E-state index contributed by atoms with van der Waals surface area (Å²) in [6.45, 7) is 0.847. The Bertz CT molecular complexity index is 612. The molecule has 3 rings (SSSR count). The lowest BCUT2D eigenvalue weighted by molar-refractivity contribution is -0.159. The number of aryl methyl sites for hydroxylation is 1. The van der Waals surface area contributed by atoms with Crippen molar-refractivity contribution in [1.29, 1.82) is 0 Å². The third kappa shape index (κ3) is 4.95. The quantitative estimate of drug-likeness (QED) is 0.854. The molecule has 0 unspecified atom stereocenters. The zero-order valence-electron chi connectivity index (χ0n) is 14.4. The highest BCUT2D eigenvalue weighted by Crippen LogP contribution is 2.25. The third-order valence-corrected chi connectivity index (χ3v) is 4.83. The van der Waals surface area contributed by atoms with Gasteiger partial charge in [0.2, 0.25) is 5.91 Å². The van der Waals surface area contributed by atoms with E-state index in [0.717, 1.165) is 24.2 Å². The summed E-state index contributed by atoms with van der Waals surface area (Å²) in [6.07, 6.45) is 5.08. The van der Waals surface area contributed by atoms with E-state index in [9.17, 15) is 9.59 Å². The van der Waals surface area contributed by atoms with Gasteiger partial charge in [0.05, 0.1) is 19.3 Å². The summed E-state index contributed by atoms with van der Waals surface area (Å²) in [4.78, 5) is 24.9. The van der Waals surface area contributed by atoms with Crippen molar-refractivity contribution < 1.29 is 24.2 Å². The molecule has 1 aromatic rings. The van der Waals surface area contributed by atoms with Crippen molar-refractivity contribution in [3.05, 3.63) is 29.8 Å². The van der Waals surface area contributed by atoms with Gasteiger partial charge in [-0.2, -0.15) is 0 Å². The maximum absolute atomic E-state index is 12.3. The van der Waals surface area contributed by atoms with Crippen molar-refractivity contribution in [3.63, 3.8) is 0 Å². The second-order valence-corrected chi connectivity index (χ2v) is 6.71. The molecule has 1 aliphatic carbocycles. The molecular formula is C19H25NO5. The molecule has 0 bridgehead atoms. The fourth-order valence-corrected chi connectivity index (χ4v) is 3.41. The van der Waals surface area contributed by atoms with Gasteiger partial charge in [-0.05, 0) is 49.8 Å². The van der Waals surface area contributed by atoms with Gasteiger partial charge < -0.3 is 19.5 Å². The van der Waals surface area contributed by atoms with Gasteiger partial charge in [-0.1, -0.05) is 12.1 Å². The molecule has 1 saturated heterocycles. The van der Waals surface area contributed by atoms with Gasteiger partial charge in [-0.15, -0.1) is 0 Å². The number of aliphatic carboxylic acids is 1. The number of carboxylic acid groups (broad SMARTS) is 1. The Kier molecular flexibility index (Phi) is 5.91. The van der Waals surface area contributed by atoms with Crippen LogP contribution in [0.5, 0.6) is 5.75 Å². The summed E-state index contributed by atoms with van der Waals surface area (Å²) in [6, 6.07) is 7.92. The van der Waals surface area contributed by atoms with Crippen LogP contribution in [-0.2, 0) is 20.7 Å². The first-order valence-corrected chi connectivity index (χ1v) is 8.99. The van der Waals surface area contributed by atoms with Crippen LogP contribution in [0.3, 0.4) is 0 Å². The van der Waals surface area contributed by atoms with E-state index in [0.29, 0.717) is 25.5 Å². The zero-order valence-corrected chi connectivity index (χ0v) is 14.4. The lowest BCUT2D eigenvalue weighted by atomic mass is 10.1. The fraction of sp³-hybridized carbons (Fsp3) is 0.579. The minimum absolute atomic E-state index is 0.0309. The second kappa shape index (κ2) is 8.34. The van der Waals surface area contributed by atoms with E-state index >= 15 is 0 Å². The Morgan fingerprint density at radius 2 is 2.08 bits per heavy atom. The monoisotopic (exact) mass is 347 g/mol. The highest BCUT2D eigenvalue weighted by Gasteiger charge is 2.28. The Hall–Kier alpha value is -2.08. The molecule has 6 heteroatoms. The topological polar surface area (TPSA) is 76.1 Å². The van der Waals surface area contributed by atoms with Gasteiger partial charge in [-0.25, -0.2) is 4.79 Å². The third-order valence-electron chi connectivity index (χ3n) is 4.83. The average molecular weight is 347 g/mol. The minimum atomic E-state index is -1.02. The molecule has 1 atom stereocenters. The molecule has 0 spiro atoms. The standard InChI is InChI=1S/C19H25NO5/c21-18(20-10-11-24-17(13-20)19(22)23)9-8-14-4-3-7-16(12-14)25-15-5-1-2-6-15/h3-4,7,12,15,17H,1-2,5-6,8-11,13H2,(H,22,23)/t17-/m0/s1. The van der Waals surface area contributed by atoms with Gasteiger partial charge >= 0.3 is 5.97 Å². The molecule has 1 amide bonds. The number of rotatable bonds is 6. The molecule has 2 aliphatic rings. The molecule has 2 fully saturated rings. The van der Waals surface area contributed by atoms with E-state index in [1.165, 1.54) is 12.8 Å².